The molecular formula is C21H22ClN3O3S. The molecule has 3 rings (SSSR count). The quantitative estimate of drug-likeness (QED) is 0.724. The van der Waals surface area contributed by atoms with Gasteiger partial charge in [-0.15, -0.1) is 0 Å². The fourth-order valence-electron chi connectivity index (χ4n) is 3.60. The van der Waals surface area contributed by atoms with Gasteiger partial charge in [0.25, 0.3) is 10.0 Å². The van der Waals surface area contributed by atoms with Crippen LogP contribution in [0.3, 0.4) is 0 Å². The van der Waals surface area contributed by atoms with Crippen molar-refractivity contribution in [3.63, 3.8) is 0 Å². The number of anilines is 2. The summed E-state index contributed by atoms with van der Waals surface area (Å²) in [5.74, 6) is -0.404. The zero-order chi connectivity index (χ0) is 21.1. The van der Waals surface area contributed by atoms with Crippen molar-refractivity contribution in [3.8, 4) is 6.07 Å². The zero-order valence-electron chi connectivity index (χ0n) is 16.1. The Bertz CT molecular complexity index is 1040. The highest BCUT2D eigenvalue weighted by Crippen LogP contribution is 2.39. The molecule has 0 saturated heterocycles. The van der Waals surface area contributed by atoms with Crippen molar-refractivity contribution in [1.29, 1.82) is 5.26 Å². The number of sulfonamides is 1. The van der Waals surface area contributed by atoms with Crippen molar-refractivity contribution in [2.24, 2.45) is 5.41 Å². The van der Waals surface area contributed by atoms with E-state index in [-0.39, 0.29) is 16.5 Å². The van der Waals surface area contributed by atoms with E-state index in [0.29, 0.717) is 24.2 Å². The van der Waals surface area contributed by atoms with Gasteiger partial charge >= 0.3 is 0 Å². The molecule has 2 aromatic carbocycles. The molecule has 29 heavy (non-hydrogen) atoms. The number of nitriles is 1. The summed E-state index contributed by atoms with van der Waals surface area (Å²) in [4.78, 5) is 12.6. The van der Waals surface area contributed by atoms with Gasteiger partial charge in [0.1, 0.15) is 10.3 Å². The van der Waals surface area contributed by atoms with Crippen LogP contribution in [-0.2, 0) is 14.8 Å². The lowest BCUT2D eigenvalue weighted by Crippen LogP contribution is -2.33. The van der Waals surface area contributed by atoms with Gasteiger partial charge in [0.05, 0.1) is 16.8 Å². The van der Waals surface area contributed by atoms with Gasteiger partial charge < -0.3 is 5.32 Å². The van der Waals surface area contributed by atoms with Crippen LogP contribution in [0, 0.1) is 16.7 Å². The molecule has 1 saturated carbocycles. The van der Waals surface area contributed by atoms with E-state index in [2.05, 4.69) is 11.4 Å². The van der Waals surface area contributed by atoms with Crippen molar-refractivity contribution in [3.05, 3.63) is 53.6 Å². The van der Waals surface area contributed by atoms with E-state index in [9.17, 15) is 18.5 Å². The van der Waals surface area contributed by atoms with Crippen molar-refractivity contribution in [1.82, 2.24) is 0 Å². The van der Waals surface area contributed by atoms with Crippen molar-refractivity contribution < 1.29 is 13.2 Å². The normalized spacial score (nSPS) is 15.5. The first-order chi connectivity index (χ1) is 13.8. The van der Waals surface area contributed by atoms with Gasteiger partial charge in [0.2, 0.25) is 5.91 Å². The Morgan fingerprint density at radius 3 is 2.45 bits per heavy atom. The van der Waals surface area contributed by atoms with Crippen LogP contribution in [0.15, 0.2) is 53.4 Å². The molecule has 0 bridgehead atoms. The highest BCUT2D eigenvalue weighted by Gasteiger charge is 2.41. The predicted molar refractivity (Wildman–Crippen MR) is 113 cm³/mol. The summed E-state index contributed by atoms with van der Waals surface area (Å²) in [6.45, 7) is 1.96. The van der Waals surface area contributed by atoms with Crippen LogP contribution in [0.4, 0.5) is 11.4 Å². The molecule has 0 spiro atoms. The molecule has 1 N–H and O–H groups in total. The van der Waals surface area contributed by atoms with Crippen LogP contribution in [0.2, 0.25) is 5.02 Å². The van der Waals surface area contributed by atoms with Crippen LogP contribution < -0.4 is 9.62 Å². The number of carbonyl (C=O) groups excluding carboxylic acids is 1. The maximum atomic E-state index is 13.3. The highest BCUT2D eigenvalue weighted by atomic mass is 35.5. The SMILES string of the molecule is CCN(c1ccccc1)S(=O)(=O)c1cc(NC(=O)C2(C#N)CCCC2)ccc1Cl. The number of hydrogen-bond donors (Lipinski definition) is 1. The Morgan fingerprint density at radius 1 is 1.21 bits per heavy atom. The molecule has 2 aromatic rings. The minimum atomic E-state index is -3.95. The largest absolute Gasteiger partial charge is 0.325 e. The molecule has 0 aromatic heterocycles. The van der Waals surface area contributed by atoms with E-state index in [1.54, 1.807) is 37.3 Å². The molecule has 1 amide bonds. The maximum absolute atomic E-state index is 13.3. The summed E-state index contributed by atoms with van der Waals surface area (Å²) in [5, 5.41) is 12.3. The van der Waals surface area contributed by atoms with E-state index in [1.165, 1.54) is 22.5 Å². The Morgan fingerprint density at radius 2 is 1.86 bits per heavy atom. The van der Waals surface area contributed by atoms with Crippen LogP contribution in [-0.4, -0.2) is 20.9 Å². The van der Waals surface area contributed by atoms with Crippen molar-refractivity contribution in [2.45, 2.75) is 37.5 Å². The third-order valence-electron chi connectivity index (χ3n) is 5.19. The second-order valence-electron chi connectivity index (χ2n) is 7.01. The van der Waals surface area contributed by atoms with E-state index >= 15 is 0 Å². The Balaban J connectivity index is 1.94. The van der Waals surface area contributed by atoms with E-state index in [0.717, 1.165) is 12.8 Å². The highest BCUT2D eigenvalue weighted by molar-refractivity contribution is 7.93. The number of rotatable bonds is 6. The molecule has 152 valence electrons. The number of para-hydroxylation sites is 1. The summed E-state index contributed by atoms with van der Waals surface area (Å²) in [7, 11) is -3.95. The van der Waals surface area contributed by atoms with Gasteiger partial charge in [-0.05, 0) is 50.1 Å². The molecule has 0 atom stereocenters. The molecule has 1 fully saturated rings. The summed E-state index contributed by atoms with van der Waals surface area (Å²) < 4.78 is 27.8. The topological polar surface area (TPSA) is 90.3 Å². The number of nitrogens with one attached hydrogen (secondary N) is 1. The average molecular weight is 432 g/mol. The number of halogens is 1. The number of nitrogens with zero attached hydrogens (tertiary/aromatic N) is 2. The van der Waals surface area contributed by atoms with E-state index in [4.69, 9.17) is 11.6 Å². The first-order valence-corrected chi connectivity index (χ1v) is 11.3. The molecule has 8 heteroatoms. The van der Waals surface area contributed by atoms with Crippen LogP contribution in [0.1, 0.15) is 32.6 Å². The molecule has 1 aliphatic carbocycles. The summed E-state index contributed by atoms with van der Waals surface area (Å²) in [5.41, 5.74) is -0.239. The zero-order valence-corrected chi connectivity index (χ0v) is 17.6. The fraction of sp³-hybridized carbons (Fsp3) is 0.333. The molecule has 0 aliphatic heterocycles. The van der Waals surface area contributed by atoms with Crippen molar-refractivity contribution in [2.75, 3.05) is 16.2 Å². The number of hydrogen-bond acceptors (Lipinski definition) is 4. The van der Waals surface area contributed by atoms with Gasteiger partial charge in [-0.1, -0.05) is 42.6 Å². The van der Waals surface area contributed by atoms with Gasteiger partial charge in [-0.3, -0.25) is 9.10 Å². The lowest BCUT2D eigenvalue weighted by atomic mass is 9.87. The smallest absolute Gasteiger partial charge is 0.265 e. The minimum Gasteiger partial charge on any atom is -0.325 e. The van der Waals surface area contributed by atoms with E-state index in [1.807, 2.05) is 0 Å². The van der Waals surface area contributed by atoms with Gasteiger partial charge in [-0.2, -0.15) is 5.26 Å². The monoisotopic (exact) mass is 431 g/mol. The first kappa shape index (κ1) is 21.2. The van der Waals surface area contributed by atoms with Gasteiger partial charge in [0.15, 0.2) is 0 Å². The standard InChI is InChI=1S/C21H22ClN3O3S/c1-2-25(17-8-4-3-5-9-17)29(27,28)19-14-16(10-11-18(19)22)24-20(26)21(15-23)12-6-7-13-21/h3-5,8-11,14H,2,6-7,12-13H2,1H3,(H,24,26). The van der Waals surface area contributed by atoms with Gasteiger partial charge in [-0.25, -0.2) is 8.42 Å². The summed E-state index contributed by atoms with van der Waals surface area (Å²) in [6, 6.07) is 15.2. The molecule has 6 nitrogen and oxygen atoms in total. The lowest BCUT2D eigenvalue weighted by Gasteiger charge is -2.24. The number of benzene rings is 2. The fourth-order valence-corrected chi connectivity index (χ4v) is 5.58. The summed E-state index contributed by atoms with van der Waals surface area (Å²) in [6.07, 6.45) is 2.66. The number of carbonyl (C=O) groups is 1. The molecular weight excluding hydrogens is 410 g/mol. The maximum Gasteiger partial charge on any atom is 0.265 e. The van der Waals surface area contributed by atoms with Crippen LogP contribution in [0.25, 0.3) is 0 Å². The van der Waals surface area contributed by atoms with Gasteiger partial charge in [0, 0.05) is 12.2 Å². The second-order valence-corrected chi connectivity index (χ2v) is 9.24. The Labute approximate surface area is 176 Å². The Hall–Kier alpha value is -2.56. The van der Waals surface area contributed by atoms with Crippen molar-refractivity contribution >= 4 is 38.9 Å². The predicted octanol–water partition coefficient (Wildman–Crippen LogP) is 4.58. The Kier molecular flexibility index (Phi) is 6.15. The van der Waals surface area contributed by atoms with Crippen LogP contribution >= 0.6 is 11.6 Å². The molecule has 1 aliphatic rings. The molecule has 0 unspecified atom stereocenters. The lowest BCUT2D eigenvalue weighted by molar-refractivity contribution is -0.122. The average Bonchev–Trinajstić information content (AvgIpc) is 3.21. The second kappa shape index (κ2) is 8.44. The van der Waals surface area contributed by atoms with E-state index < -0.39 is 21.3 Å². The van der Waals surface area contributed by atoms with Crippen LogP contribution in [0.5, 0.6) is 0 Å². The third kappa shape index (κ3) is 4.09. The number of amides is 1. The summed E-state index contributed by atoms with van der Waals surface area (Å²) >= 11 is 6.22. The minimum absolute atomic E-state index is 0.0632. The molecule has 0 heterocycles. The molecule has 0 radical (unpaired) electrons. The third-order valence-corrected chi connectivity index (χ3v) is 7.58. The first-order valence-electron chi connectivity index (χ1n) is 9.44.